The molecule has 0 saturated heterocycles. The van der Waals surface area contributed by atoms with Crippen molar-refractivity contribution < 1.29 is 9.47 Å². The lowest BCUT2D eigenvalue weighted by Crippen LogP contribution is -2.45. The van der Waals surface area contributed by atoms with Crippen molar-refractivity contribution >= 4 is 41.9 Å². The molecule has 0 fully saturated rings. The second-order valence-corrected chi connectivity index (χ2v) is 16.0. The van der Waals surface area contributed by atoms with Gasteiger partial charge in [-0.3, -0.25) is 0 Å². The molecule has 0 aliphatic carbocycles. The molecule has 0 N–H and O–H groups in total. The number of fused-ring (bicyclic) bond motifs is 1. The molecule has 4 aromatic rings. The lowest BCUT2D eigenvalue weighted by Gasteiger charge is -2.38. The second-order valence-electron chi connectivity index (χ2n) is 9.71. The zero-order valence-corrected chi connectivity index (χ0v) is 23.0. The van der Waals surface area contributed by atoms with E-state index in [1.807, 2.05) is 48.5 Å². The van der Waals surface area contributed by atoms with Crippen LogP contribution in [-0.4, -0.2) is 22.4 Å². The van der Waals surface area contributed by atoms with E-state index in [-0.39, 0.29) is 5.04 Å². The molecule has 0 amide bonds. The number of hydrogen-bond acceptors (Lipinski definition) is 4. The first-order valence-electron chi connectivity index (χ1n) is 11.1. The Hall–Kier alpha value is -2.39. The SMILES string of the molecule is CC(C)(C)[Si](C)(C)n1cc(I)c2nc(OCc3ccccc3)nc(OCc3ccccc3)c21. The van der Waals surface area contributed by atoms with E-state index in [1.54, 1.807) is 0 Å². The molecule has 2 aromatic carbocycles. The molecule has 0 atom stereocenters. The maximum absolute atomic E-state index is 6.33. The molecule has 0 aliphatic heterocycles. The summed E-state index contributed by atoms with van der Waals surface area (Å²) in [5, 5.41) is 0.140. The number of ether oxygens (including phenoxy) is 2. The van der Waals surface area contributed by atoms with Crippen LogP contribution in [0.25, 0.3) is 11.0 Å². The van der Waals surface area contributed by atoms with Gasteiger partial charge in [0.1, 0.15) is 24.2 Å². The van der Waals surface area contributed by atoms with Gasteiger partial charge in [-0.05, 0) is 38.8 Å². The third kappa shape index (κ3) is 5.09. The van der Waals surface area contributed by atoms with Gasteiger partial charge in [0.15, 0.2) is 8.24 Å². The first-order chi connectivity index (χ1) is 15.7. The van der Waals surface area contributed by atoms with Crippen molar-refractivity contribution in [1.29, 1.82) is 0 Å². The molecule has 2 heterocycles. The maximum Gasteiger partial charge on any atom is 0.320 e. The van der Waals surface area contributed by atoms with Gasteiger partial charge in [-0.25, -0.2) is 0 Å². The van der Waals surface area contributed by atoms with E-state index in [1.165, 1.54) is 0 Å². The molecule has 0 unspecified atom stereocenters. The van der Waals surface area contributed by atoms with Crippen LogP contribution in [0.2, 0.25) is 18.1 Å². The Balaban J connectivity index is 1.78. The Morgan fingerprint density at radius 3 is 1.94 bits per heavy atom. The van der Waals surface area contributed by atoms with E-state index in [4.69, 9.17) is 19.4 Å². The first-order valence-corrected chi connectivity index (χ1v) is 15.1. The van der Waals surface area contributed by atoms with Crippen molar-refractivity contribution in [2.75, 3.05) is 0 Å². The van der Waals surface area contributed by atoms with Crippen LogP contribution in [-0.2, 0) is 13.2 Å². The molecule has 0 saturated carbocycles. The number of aromatic nitrogens is 3. The van der Waals surface area contributed by atoms with Gasteiger partial charge in [-0.2, -0.15) is 9.97 Å². The Bertz CT molecular complexity index is 1240. The minimum absolute atomic E-state index is 0.140. The summed E-state index contributed by atoms with van der Waals surface area (Å²) in [6.45, 7) is 12.5. The van der Waals surface area contributed by atoms with Gasteiger partial charge in [0.05, 0.1) is 3.57 Å². The van der Waals surface area contributed by atoms with Gasteiger partial charge >= 0.3 is 6.01 Å². The molecule has 5 nitrogen and oxygen atoms in total. The van der Waals surface area contributed by atoms with Crippen LogP contribution < -0.4 is 9.47 Å². The van der Waals surface area contributed by atoms with Gasteiger partial charge in [-0.15, -0.1) is 0 Å². The third-order valence-corrected chi connectivity index (χ3v) is 12.4. The van der Waals surface area contributed by atoms with Gasteiger partial charge in [-0.1, -0.05) is 94.5 Å². The first kappa shape index (κ1) is 23.8. The van der Waals surface area contributed by atoms with E-state index in [9.17, 15) is 0 Å². The van der Waals surface area contributed by atoms with Crippen molar-refractivity contribution in [3.05, 3.63) is 81.6 Å². The van der Waals surface area contributed by atoms with E-state index in [0.29, 0.717) is 25.1 Å². The van der Waals surface area contributed by atoms with Crippen LogP contribution in [0, 0.1) is 3.57 Å². The second kappa shape index (κ2) is 9.46. The van der Waals surface area contributed by atoms with Crippen LogP contribution in [0.4, 0.5) is 0 Å². The predicted octanol–water partition coefficient (Wildman–Crippen LogP) is 7.05. The molecule has 0 bridgehead atoms. The summed E-state index contributed by atoms with van der Waals surface area (Å²) in [5.41, 5.74) is 3.99. The van der Waals surface area contributed by atoms with E-state index < -0.39 is 8.24 Å². The Kier molecular flexibility index (Phi) is 6.81. The van der Waals surface area contributed by atoms with Crippen molar-refractivity contribution in [2.45, 2.75) is 52.1 Å². The van der Waals surface area contributed by atoms with Crippen LogP contribution in [0.1, 0.15) is 31.9 Å². The van der Waals surface area contributed by atoms with Crippen LogP contribution in [0.3, 0.4) is 0 Å². The molecule has 172 valence electrons. The lowest BCUT2D eigenvalue weighted by atomic mass is 10.2. The average molecular weight is 572 g/mol. The topological polar surface area (TPSA) is 49.2 Å². The minimum Gasteiger partial charge on any atom is -0.471 e. The molecule has 0 radical (unpaired) electrons. The predicted molar refractivity (Wildman–Crippen MR) is 144 cm³/mol. The Labute approximate surface area is 210 Å². The molecular formula is C26H30IN3O2Si. The highest BCUT2D eigenvalue weighted by molar-refractivity contribution is 14.1. The fourth-order valence-electron chi connectivity index (χ4n) is 3.45. The van der Waals surface area contributed by atoms with Gasteiger partial charge < -0.3 is 13.7 Å². The zero-order chi connectivity index (χ0) is 23.6. The molecule has 0 spiro atoms. The monoisotopic (exact) mass is 571 g/mol. The smallest absolute Gasteiger partial charge is 0.320 e. The number of nitrogens with zero attached hydrogens (tertiary/aromatic N) is 3. The highest BCUT2D eigenvalue weighted by Crippen LogP contribution is 2.41. The lowest BCUT2D eigenvalue weighted by molar-refractivity contribution is 0.261. The van der Waals surface area contributed by atoms with Crippen molar-refractivity contribution in [3.8, 4) is 11.9 Å². The quantitative estimate of drug-likeness (QED) is 0.176. The fourth-order valence-corrected chi connectivity index (χ4v) is 6.31. The number of halogens is 1. The van der Waals surface area contributed by atoms with E-state index in [2.05, 4.69) is 79.0 Å². The van der Waals surface area contributed by atoms with Crippen molar-refractivity contribution in [2.24, 2.45) is 0 Å². The van der Waals surface area contributed by atoms with Crippen molar-refractivity contribution in [1.82, 2.24) is 14.2 Å². The van der Waals surface area contributed by atoms with Crippen LogP contribution >= 0.6 is 22.6 Å². The molecule has 4 rings (SSSR count). The number of benzene rings is 2. The standard InChI is InChI=1S/C26H30IN3O2Si/c1-26(2,3)33(4,5)30-16-21(27)22-23(30)24(31-17-19-12-8-6-9-13-19)29-25(28-22)32-18-20-14-10-7-11-15-20/h6-16H,17-18H2,1-5H3. The third-order valence-electron chi connectivity index (χ3n) is 6.41. The summed E-state index contributed by atoms with van der Waals surface area (Å²) in [6.07, 6.45) is 2.20. The van der Waals surface area contributed by atoms with Gasteiger partial charge in [0.25, 0.3) is 0 Å². The summed E-state index contributed by atoms with van der Waals surface area (Å²) in [7, 11) is -1.94. The Morgan fingerprint density at radius 1 is 0.848 bits per heavy atom. The van der Waals surface area contributed by atoms with Gasteiger partial charge in [0, 0.05) is 6.20 Å². The summed E-state index contributed by atoms with van der Waals surface area (Å²) < 4.78 is 15.8. The van der Waals surface area contributed by atoms with Crippen LogP contribution in [0.15, 0.2) is 66.9 Å². The highest BCUT2D eigenvalue weighted by atomic mass is 127. The normalized spacial score (nSPS) is 12.2. The highest BCUT2D eigenvalue weighted by Gasteiger charge is 2.39. The summed E-state index contributed by atoms with van der Waals surface area (Å²) >= 11 is 2.36. The summed E-state index contributed by atoms with van der Waals surface area (Å²) in [4.78, 5) is 9.55. The minimum atomic E-state index is -1.94. The molecule has 0 aliphatic rings. The summed E-state index contributed by atoms with van der Waals surface area (Å²) in [5.74, 6) is 0.569. The van der Waals surface area contributed by atoms with E-state index in [0.717, 1.165) is 25.7 Å². The van der Waals surface area contributed by atoms with E-state index >= 15 is 0 Å². The maximum atomic E-state index is 6.33. The molecular weight excluding hydrogens is 541 g/mol. The zero-order valence-electron chi connectivity index (χ0n) is 19.8. The molecule has 7 heteroatoms. The Morgan fingerprint density at radius 2 is 1.39 bits per heavy atom. The number of hydrogen-bond donors (Lipinski definition) is 0. The largest absolute Gasteiger partial charge is 0.471 e. The fraction of sp³-hybridized carbons (Fsp3) is 0.308. The summed E-state index contributed by atoms with van der Waals surface area (Å²) in [6, 6.07) is 20.5. The van der Waals surface area contributed by atoms with Crippen LogP contribution in [0.5, 0.6) is 11.9 Å². The average Bonchev–Trinajstić information content (AvgIpc) is 3.14. The molecule has 33 heavy (non-hydrogen) atoms. The van der Waals surface area contributed by atoms with Gasteiger partial charge in [0.2, 0.25) is 5.88 Å². The number of rotatable bonds is 7. The molecule has 2 aromatic heterocycles. The van der Waals surface area contributed by atoms with Crippen molar-refractivity contribution in [3.63, 3.8) is 0 Å².